The molecule has 2 N–H and O–H groups in total. The molecule has 0 bridgehead atoms. The van der Waals surface area contributed by atoms with Crippen molar-refractivity contribution >= 4 is 49.2 Å². The molecule has 0 radical (unpaired) electrons. The lowest BCUT2D eigenvalue weighted by molar-refractivity contribution is -0.137. The predicted octanol–water partition coefficient (Wildman–Crippen LogP) is 6.64. The molecule has 1 amide bonds. The van der Waals surface area contributed by atoms with Gasteiger partial charge in [-0.3, -0.25) is 9.80 Å². The maximum atomic E-state index is 17.2. The lowest BCUT2D eigenvalue weighted by Gasteiger charge is -2.32. The summed E-state index contributed by atoms with van der Waals surface area (Å²) in [5, 5.41) is 9.21. The third-order valence-electron chi connectivity index (χ3n) is 10.7. The number of nitrogens with two attached hydrogens (primary N) is 1. The molecular formula is C34H31F6N7O3S. The number of hydrogen-bond donors (Lipinski definition) is 1. The lowest BCUT2D eigenvalue weighted by atomic mass is 9.92. The highest BCUT2D eigenvalue weighted by Crippen LogP contribution is 2.48. The Bertz CT molecular complexity index is 2140. The summed E-state index contributed by atoms with van der Waals surface area (Å²) in [6, 6.07) is 3.51. The van der Waals surface area contributed by atoms with Crippen LogP contribution in [0.3, 0.4) is 0 Å². The summed E-state index contributed by atoms with van der Waals surface area (Å²) in [6.45, 7) is 3.26. The fourth-order valence-corrected chi connectivity index (χ4v) is 9.40. The highest BCUT2D eigenvalue weighted by Gasteiger charge is 2.50. The van der Waals surface area contributed by atoms with Crippen molar-refractivity contribution in [3.63, 3.8) is 0 Å². The van der Waals surface area contributed by atoms with Gasteiger partial charge in [-0.15, -0.1) is 11.3 Å². The van der Waals surface area contributed by atoms with Crippen molar-refractivity contribution < 1.29 is 40.6 Å². The Hall–Kier alpha value is -4.56. The lowest BCUT2D eigenvalue weighted by Crippen LogP contribution is -2.43. The van der Waals surface area contributed by atoms with Gasteiger partial charge in [0.2, 0.25) is 0 Å². The number of likely N-dealkylation sites (N-methyl/N-ethyl adjacent to an activating group) is 1. The zero-order valence-corrected chi connectivity index (χ0v) is 28.0. The van der Waals surface area contributed by atoms with E-state index < -0.39 is 58.3 Å². The fraction of sp³-hybridized carbons (Fsp3) is 0.471. The second kappa shape index (κ2) is 12.0. The van der Waals surface area contributed by atoms with Gasteiger partial charge >= 0.3 is 18.3 Å². The van der Waals surface area contributed by atoms with E-state index in [0.717, 1.165) is 24.6 Å². The largest absolute Gasteiger partial charge is 0.461 e. The number of anilines is 2. The van der Waals surface area contributed by atoms with Crippen LogP contribution in [0.2, 0.25) is 0 Å². The molecule has 4 fully saturated rings. The molecule has 2 aromatic heterocycles. The van der Waals surface area contributed by atoms with Gasteiger partial charge in [-0.1, -0.05) is 6.07 Å². The zero-order valence-electron chi connectivity index (χ0n) is 27.2. The Morgan fingerprint density at radius 1 is 1.25 bits per heavy atom. The molecule has 6 heterocycles. The topological polar surface area (TPSA) is 121 Å². The minimum Gasteiger partial charge on any atom is -0.461 e. The number of thiophene rings is 1. The van der Waals surface area contributed by atoms with Crippen LogP contribution in [0.5, 0.6) is 6.01 Å². The summed E-state index contributed by atoms with van der Waals surface area (Å²) in [4.78, 5) is 26.5. The average Bonchev–Trinajstić information content (AvgIpc) is 3.89. The summed E-state index contributed by atoms with van der Waals surface area (Å²) in [5.41, 5.74) is 1.86. The molecule has 4 aliphatic rings. The van der Waals surface area contributed by atoms with Crippen LogP contribution >= 0.6 is 11.3 Å². The summed E-state index contributed by atoms with van der Waals surface area (Å²) in [6.07, 6.45) is -4.55. The van der Waals surface area contributed by atoms with Crippen LogP contribution in [0.1, 0.15) is 43.7 Å². The molecule has 2 aromatic carbocycles. The van der Waals surface area contributed by atoms with Gasteiger partial charge in [0.05, 0.1) is 33.4 Å². The summed E-state index contributed by atoms with van der Waals surface area (Å²) in [5.74, 6) is -2.25. The number of rotatable bonds is 7. The summed E-state index contributed by atoms with van der Waals surface area (Å²) >= 11 is 0.677. The van der Waals surface area contributed by atoms with E-state index in [-0.39, 0.29) is 88.7 Å². The molecular weight excluding hydrogens is 700 g/mol. The minimum absolute atomic E-state index is 0.0248. The van der Waals surface area contributed by atoms with Crippen molar-refractivity contribution in [2.45, 2.75) is 62.6 Å². The monoisotopic (exact) mass is 731 g/mol. The molecule has 4 aliphatic heterocycles. The molecule has 10 nitrogen and oxygen atoms in total. The van der Waals surface area contributed by atoms with Crippen molar-refractivity contribution in [2.75, 3.05) is 50.0 Å². The highest BCUT2D eigenvalue weighted by atomic mass is 32.1. The molecule has 0 aliphatic carbocycles. The van der Waals surface area contributed by atoms with Gasteiger partial charge in [-0.05, 0) is 50.4 Å². The number of nitriles is 1. The zero-order chi connectivity index (χ0) is 36.0. The van der Waals surface area contributed by atoms with E-state index in [9.17, 15) is 18.8 Å². The van der Waals surface area contributed by atoms with Gasteiger partial charge in [0, 0.05) is 42.4 Å². The number of carbonyl (C=O) groups excluding carboxylic acids is 1. The van der Waals surface area contributed by atoms with Crippen LogP contribution in [-0.4, -0.2) is 89.0 Å². The van der Waals surface area contributed by atoms with Crippen LogP contribution in [0.4, 0.5) is 42.0 Å². The molecule has 0 spiro atoms. The van der Waals surface area contributed by atoms with Crippen LogP contribution in [-0.2, 0) is 10.9 Å². The number of benzene rings is 2. The van der Waals surface area contributed by atoms with E-state index in [0.29, 0.717) is 30.7 Å². The summed E-state index contributed by atoms with van der Waals surface area (Å²) in [7, 11) is 0. The SMILES string of the molecule is CCN(c1nc(OC[C@@]23CCCN2C[C@H](F)C3)nc2c(F)c(-c3ccc(F)c4sc(N)c(C#N)c34)c(C(F)(F)F)cc12)[C@H]1C[C@@H]2COC(=O)N2C1. The quantitative estimate of drug-likeness (QED) is 0.209. The maximum absolute atomic E-state index is 17.2. The van der Waals surface area contributed by atoms with Crippen LogP contribution in [0, 0.1) is 23.0 Å². The Balaban J connectivity index is 1.34. The first-order valence-electron chi connectivity index (χ1n) is 16.6. The highest BCUT2D eigenvalue weighted by molar-refractivity contribution is 7.23. The van der Waals surface area contributed by atoms with Crippen molar-refractivity contribution in [3.05, 3.63) is 41.0 Å². The van der Waals surface area contributed by atoms with Crippen LogP contribution in [0.25, 0.3) is 32.1 Å². The number of nitrogens with zero attached hydrogens (tertiary/aromatic N) is 6. The number of aromatic nitrogens is 2. The Kier molecular flexibility index (Phi) is 7.91. The number of carbonyl (C=O) groups is 1. The third kappa shape index (κ3) is 5.28. The van der Waals surface area contributed by atoms with E-state index in [1.54, 1.807) is 16.7 Å². The Morgan fingerprint density at radius 2 is 2.06 bits per heavy atom. The average molecular weight is 732 g/mol. The van der Waals surface area contributed by atoms with Gasteiger partial charge in [0.25, 0.3) is 0 Å². The molecule has 4 atom stereocenters. The van der Waals surface area contributed by atoms with E-state index in [1.165, 1.54) is 0 Å². The van der Waals surface area contributed by atoms with Gasteiger partial charge in [-0.2, -0.15) is 28.4 Å². The second-order valence-electron chi connectivity index (χ2n) is 13.5. The summed E-state index contributed by atoms with van der Waals surface area (Å²) < 4.78 is 103. The first-order valence-corrected chi connectivity index (χ1v) is 17.4. The number of fused-ring (bicyclic) bond motifs is 4. The molecule has 0 unspecified atom stereocenters. The fourth-order valence-electron chi connectivity index (χ4n) is 8.45. The number of ether oxygens (including phenoxy) is 2. The van der Waals surface area contributed by atoms with Gasteiger partial charge in [0.15, 0.2) is 5.82 Å². The normalized spacial score (nSPS) is 24.7. The van der Waals surface area contributed by atoms with Crippen molar-refractivity contribution in [3.8, 4) is 23.2 Å². The number of amides is 1. The maximum Gasteiger partial charge on any atom is 0.417 e. The van der Waals surface area contributed by atoms with Crippen molar-refractivity contribution in [2.24, 2.45) is 0 Å². The van der Waals surface area contributed by atoms with Crippen LogP contribution < -0.4 is 15.4 Å². The van der Waals surface area contributed by atoms with E-state index in [1.807, 2.05) is 11.0 Å². The second-order valence-corrected chi connectivity index (χ2v) is 14.6. The molecule has 268 valence electrons. The first-order chi connectivity index (χ1) is 24.3. The van der Waals surface area contributed by atoms with E-state index >= 15 is 17.6 Å². The third-order valence-corrected chi connectivity index (χ3v) is 11.7. The number of hydrogen-bond acceptors (Lipinski definition) is 10. The smallest absolute Gasteiger partial charge is 0.417 e. The molecule has 0 saturated carbocycles. The molecule has 8 rings (SSSR count). The molecule has 17 heteroatoms. The van der Waals surface area contributed by atoms with Gasteiger partial charge in [-0.25, -0.2) is 18.0 Å². The van der Waals surface area contributed by atoms with E-state index in [4.69, 9.17) is 15.2 Å². The molecule has 51 heavy (non-hydrogen) atoms. The van der Waals surface area contributed by atoms with Gasteiger partial charge in [0.1, 0.15) is 47.6 Å². The number of cyclic esters (lactones) is 1. The van der Waals surface area contributed by atoms with Crippen LogP contribution in [0.15, 0.2) is 18.2 Å². The Morgan fingerprint density at radius 3 is 2.78 bits per heavy atom. The predicted molar refractivity (Wildman–Crippen MR) is 176 cm³/mol. The number of nitrogen functional groups attached to an aromatic ring is 1. The first kappa shape index (κ1) is 33.6. The van der Waals surface area contributed by atoms with E-state index in [2.05, 4.69) is 9.97 Å². The van der Waals surface area contributed by atoms with Crippen molar-refractivity contribution in [1.29, 1.82) is 5.26 Å². The molecule has 4 aromatic rings. The minimum atomic E-state index is -5.13. The standard InChI is InChI=1S/C34H31F6N7O3S/c1-2-46(17-8-18-14-49-32(48)47(18)13-17)30-20-9-22(34(38,39)40)25(19-4-5-23(36)28-24(19)21(11-41)29(42)51-28)26(37)27(20)43-31(44-30)50-15-33-6-3-7-45(33)12-16(35)10-33/h4-5,9,16-18H,2-3,6-8,10,12-15,42H2,1H3/t16-,17+,18-,33+/m1/s1. The van der Waals surface area contributed by atoms with Gasteiger partial charge < -0.3 is 20.1 Å². The van der Waals surface area contributed by atoms with Crippen molar-refractivity contribution in [1.82, 2.24) is 19.8 Å². The number of alkyl halides is 4. The number of halogens is 6. The Labute approximate surface area is 291 Å². The molecule has 4 saturated heterocycles.